The van der Waals surface area contributed by atoms with E-state index in [0.717, 1.165) is 4.68 Å². The zero-order valence-corrected chi connectivity index (χ0v) is 12.6. The quantitative estimate of drug-likeness (QED) is 0.260. The maximum absolute atomic E-state index is 11.7. The van der Waals surface area contributed by atoms with Crippen molar-refractivity contribution in [2.24, 2.45) is 0 Å². The van der Waals surface area contributed by atoms with Crippen LogP contribution in [0.15, 0.2) is 4.79 Å². The molecule has 24 heavy (non-hydrogen) atoms. The van der Waals surface area contributed by atoms with Gasteiger partial charge in [-0.2, -0.15) is 9.67 Å². The van der Waals surface area contributed by atoms with E-state index in [2.05, 4.69) is 20.3 Å². The van der Waals surface area contributed by atoms with Crippen molar-refractivity contribution in [1.82, 2.24) is 25.0 Å². The second kappa shape index (κ2) is 5.56. The van der Waals surface area contributed by atoms with Crippen LogP contribution in [0.4, 0.5) is 5.95 Å². The van der Waals surface area contributed by atoms with Gasteiger partial charge in [0.15, 0.2) is 23.2 Å². The lowest BCUT2D eigenvalue weighted by atomic mass is 10.1. The second-order valence-electron chi connectivity index (χ2n) is 5.13. The zero-order valence-electron chi connectivity index (χ0n) is 11.7. The van der Waals surface area contributed by atoms with Gasteiger partial charge < -0.3 is 35.6 Å². The van der Waals surface area contributed by atoms with E-state index < -0.39 is 43.5 Å². The molecule has 0 radical (unpaired) electrons. The third-order valence-corrected chi connectivity index (χ3v) is 4.49. The molecule has 1 unspecified atom stereocenters. The Hall–Kier alpha value is -1.93. The lowest BCUT2D eigenvalue weighted by Crippen LogP contribution is -2.38. The summed E-state index contributed by atoms with van der Waals surface area (Å²) in [6.07, 6.45) is -6.88. The summed E-state index contributed by atoms with van der Waals surface area (Å²) in [4.78, 5) is 35.6. The SMILES string of the molecule is Nc1nc2c(nnn2[C@@H]2O[C@H](C(O)P(=O)(O)O)[C@@H](O)[C@H]2O)c(=O)[nH]1. The second-order valence-corrected chi connectivity index (χ2v) is 6.84. The monoisotopic (exact) mass is 364 g/mol. The highest BCUT2D eigenvalue weighted by Gasteiger charge is 2.52. The van der Waals surface area contributed by atoms with Crippen molar-refractivity contribution in [2.45, 2.75) is 30.4 Å². The van der Waals surface area contributed by atoms with Crippen LogP contribution in [0.2, 0.25) is 0 Å². The number of hydrogen-bond acceptors (Lipinski definition) is 10. The highest BCUT2D eigenvalue weighted by molar-refractivity contribution is 7.52. The number of ether oxygens (including phenoxy) is 1. The minimum Gasteiger partial charge on any atom is -0.387 e. The largest absolute Gasteiger partial charge is 0.387 e. The number of anilines is 1. The van der Waals surface area contributed by atoms with Crippen molar-refractivity contribution < 1.29 is 34.4 Å². The average Bonchev–Trinajstić information content (AvgIpc) is 3.00. The standard InChI is InChI=1S/C9H13N6O8P/c10-9-11-5-1(6(18)12-9)13-14-15(5)7-3(17)2(16)4(23-7)8(19)24(20,21)22/h2-4,7-8,16-17,19H,(H2,20,21,22)(H3,10,11,12,18)/t2-,3+,4-,7+,8?/m0/s1. The Bertz CT molecular complexity index is 877. The Morgan fingerprint density at radius 3 is 2.62 bits per heavy atom. The molecule has 132 valence electrons. The van der Waals surface area contributed by atoms with Gasteiger partial charge in [-0.25, -0.2) is 0 Å². The first-order valence-corrected chi connectivity index (χ1v) is 8.15. The van der Waals surface area contributed by atoms with Crippen LogP contribution in [0.5, 0.6) is 0 Å². The van der Waals surface area contributed by atoms with Crippen LogP contribution in [0.25, 0.3) is 11.2 Å². The van der Waals surface area contributed by atoms with Crippen molar-refractivity contribution in [3.63, 3.8) is 0 Å². The predicted octanol–water partition coefficient (Wildman–Crippen LogP) is -3.79. The Kier molecular flexibility index (Phi) is 3.92. The number of H-pyrrole nitrogens is 1. The number of aliphatic hydroxyl groups excluding tert-OH is 3. The summed E-state index contributed by atoms with van der Waals surface area (Å²) in [5.74, 6) is -2.64. The van der Waals surface area contributed by atoms with E-state index in [1.54, 1.807) is 0 Å². The number of aromatic amines is 1. The first kappa shape index (κ1) is 16.9. The Morgan fingerprint density at radius 2 is 2.00 bits per heavy atom. The van der Waals surface area contributed by atoms with Gasteiger partial charge in [-0.15, -0.1) is 5.10 Å². The normalized spacial score (nSPS) is 29.2. The van der Waals surface area contributed by atoms with E-state index >= 15 is 0 Å². The number of aromatic nitrogens is 5. The van der Waals surface area contributed by atoms with Crippen molar-refractivity contribution in [1.29, 1.82) is 0 Å². The molecule has 8 N–H and O–H groups in total. The number of rotatable bonds is 3. The molecule has 0 amide bonds. The van der Waals surface area contributed by atoms with Crippen molar-refractivity contribution in [3.8, 4) is 0 Å². The molecule has 1 aliphatic heterocycles. The molecular formula is C9H13N6O8P. The zero-order chi connectivity index (χ0) is 17.8. The van der Waals surface area contributed by atoms with Gasteiger partial charge >= 0.3 is 7.60 Å². The summed E-state index contributed by atoms with van der Waals surface area (Å²) in [5, 5.41) is 36.6. The van der Waals surface area contributed by atoms with E-state index in [4.69, 9.17) is 20.3 Å². The molecule has 0 aliphatic carbocycles. The average molecular weight is 364 g/mol. The van der Waals surface area contributed by atoms with Crippen molar-refractivity contribution >= 4 is 24.7 Å². The minimum atomic E-state index is -5.01. The summed E-state index contributed by atoms with van der Waals surface area (Å²) in [5.41, 5.74) is 4.30. The van der Waals surface area contributed by atoms with Crippen molar-refractivity contribution in [3.05, 3.63) is 10.4 Å². The molecule has 0 spiro atoms. The molecule has 1 fully saturated rings. The molecule has 0 bridgehead atoms. The molecule has 2 aromatic rings. The molecule has 0 aromatic carbocycles. The van der Waals surface area contributed by atoms with Crippen molar-refractivity contribution in [2.75, 3.05) is 5.73 Å². The fourth-order valence-electron chi connectivity index (χ4n) is 2.35. The molecule has 14 nitrogen and oxygen atoms in total. The van der Waals surface area contributed by atoms with Gasteiger partial charge in [-0.3, -0.25) is 14.3 Å². The van der Waals surface area contributed by atoms with Gasteiger partial charge in [-0.1, -0.05) is 5.21 Å². The molecule has 2 aromatic heterocycles. The summed E-state index contributed by atoms with van der Waals surface area (Å²) in [7, 11) is -5.01. The summed E-state index contributed by atoms with van der Waals surface area (Å²) < 4.78 is 17.1. The van der Waals surface area contributed by atoms with Gasteiger partial charge in [0.2, 0.25) is 5.95 Å². The van der Waals surface area contributed by atoms with Crippen LogP contribution in [-0.2, 0) is 9.30 Å². The number of nitrogens with zero attached hydrogens (tertiary/aromatic N) is 4. The van der Waals surface area contributed by atoms with Gasteiger partial charge in [0, 0.05) is 0 Å². The Morgan fingerprint density at radius 1 is 1.33 bits per heavy atom. The third kappa shape index (κ3) is 2.59. The molecule has 1 aliphatic rings. The fraction of sp³-hybridized carbons (Fsp3) is 0.556. The maximum atomic E-state index is 11.7. The first-order valence-electron chi connectivity index (χ1n) is 6.47. The number of fused-ring (bicyclic) bond motifs is 1. The maximum Gasteiger partial charge on any atom is 0.356 e. The lowest BCUT2D eigenvalue weighted by Gasteiger charge is -2.21. The minimum absolute atomic E-state index is 0.182. The van der Waals surface area contributed by atoms with E-state index in [1.165, 1.54) is 0 Å². The molecule has 0 saturated carbocycles. The summed E-state index contributed by atoms with van der Waals surface area (Å²) in [6.45, 7) is 0. The fourth-order valence-corrected chi connectivity index (χ4v) is 2.98. The molecule has 3 heterocycles. The molecular weight excluding hydrogens is 351 g/mol. The van der Waals surface area contributed by atoms with Gasteiger partial charge in [0.1, 0.15) is 18.3 Å². The Balaban J connectivity index is 2.02. The number of nitrogens with two attached hydrogens (primary N) is 1. The van der Waals surface area contributed by atoms with Gasteiger partial charge in [0.05, 0.1) is 0 Å². The van der Waals surface area contributed by atoms with Crippen LogP contribution < -0.4 is 11.3 Å². The number of nitrogens with one attached hydrogen (secondary N) is 1. The topological polar surface area (TPSA) is 230 Å². The molecule has 3 rings (SSSR count). The Labute approximate surface area is 131 Å². The number of aliphatic hydroxyl groups is 3. The first-order chi connectivity index (χ1) is 11.1. The van der Waals surface area contributed by atoms with Crippen LogP contribution in [0.1, 0.15) is 6.23 Å². The van der Waals surface area contributed by atoms with E-state index in [0.29, 0.717) is 0 Å². The van der Waals surface area contributed by atoms with E-state index in [-0.39, 0.29) is 17.1 Å². The molecule has 5 atom stereocenters. The summed E-state index contributed by atoms with van der Waals surface area (Å²) >= 11 is 0. The predicted molar refractivity (Wildman–Crippen MR) is 74.3 cm³/mol. The van der Waals surface area contributed by atoms with Crippen LogP contribution in [0, 0.1) is 0 Å². The summed E-state index contributed by atoms with van der Waals surface area (Å²) in [6, 6.07) is 0. The smallest absolute Gasteiger partial charge is 0.356 e. The number of hydrogen-bond donors (Lipinski definition) is 7. The van der Waals surface area contributed by atoms with Crippen LogP contribution in [-0.4, -0.2) is 74.2 Å². The highest BCUT2D eigenvalue weighted by atomic mass is 31.2. The third-order valence-electron chi connectivity index (χ3n) is 3.51. The van der Waals surface area contributed by atoms with Crippen LogP contribution in [0.3, 0.4) is 0 Å². The number of nitrogen functional groups attached to an aromatic ring is 1. The van der Waals surface area contributed by atoms with E-state index in [9.17, 15) is 24.7 Å². The lowest BCUT2D eigenvalue weighted by molar-refractivity contribution is -0.0714. The van der Waals surface area contributed by atoms with Gasteiger partial charge in [0.25, 0.3) is 5.56 Å². The molecule has 1 saturated heterocycles. The van der Waals surface area contributed by atoms with Crippen LogP contribution >= 0.6 is 7.60 Å². The van der Waals surface area contributed by atoms with Gasteiger partial charge in [-0.05, 0) is 0 Å². The molecule has 15 heteroatoms. The van der Waals surface area contributed by atoms with E-state index in [1.807, 2.05) is 0 Å². The highest BCUT2D eigenvalue weighted by Crippen LogP contribution is 2.46.